The Morgan fingerprint density at radius 1 is 1.20 bits per heavy atom. The van der Waals surface area contributed by atoms with E-state index in [1.165, 1.54) is 10.4 Å². The molecule has 0 bridgehead atoms. The van der Waals surface area contributed by atoms with E-state index in [1.807, 2.05) is 0 Å². The van der Waals surface area contributed by atoms with Gasteiger partial charge < -0.3 is 15.5 Å². The number of phenols is 2. The molecule has 0 fully saturated rings. The lowest BCUT2D eigenvalue weighted by Crippen LogP contribution is -2.20. The van der Waals surface area contributed by atoms with Gasteiger partial charge in [-0.05, 0) is 60.2 Å². The minimum absolute atomic E-state index is 0. The highest BCUT2D eigenvalue weighted by atomic mass is 79.9. The molecule has 2 heterocycles. The number of nitrogens with one attached hydrogen (secondary N) is 1. The summed E-state index contributed by atoms with van der Waals surface area (Å²) < 4.78 is 0. The molecule has 1 aromatic carbocycles. The molecule has 0 saturated carbocycles. The van der Waals surface area contributed by atoms with Gasteiger partial charge in [0.25, 0.3) is 0 Å². The van der Waals surface area contributed by atoms with Crippen LogP contribution in [0.15, 0.2) is 23.6 Å². The quantitative estimate of drug-likeness (QED) is 0.687. The van der Waals surface area contributed by atoms with Gasteiger partial charge in [-0.3, -0.25) is 0 Å². The van der Waals surface area contributed by atoms with Crippen molar-refractivity contribution >= 4 is 28.3 Å². The number of phenolic OH excluding ortho intramolecular Hbond substituents is 2. The smallest absolute Gasteiger partial charge is 0.157 e. The molecular weight excluding hydrogens is 338 g/mol. The Morgan fingerprint density at radius 2 is 1.95 bits per heavy atom. The molecule has 1 aliphatic rings. The fourth-order valence-corrected chi connectivity index (χ4v) is 3.56. The Kier molecular flexibility index (Phi) is 4.73. The van der Waals surface area contributed by atoms with Crippen LogP contribution in [0.4, 0.5) is 0 Å². The zero-order valence-corrected chi connectivity index (χ0v) is 13.7. The van der Waals surface area contributed by atoms with Crippen molar-refractivity contribution in [1.82, 2.24) is 5.32 Å². The topological polar surface area (TPSA) is 52.5 Å². The first kappa shape index (κ1) is 15.4. The van der Waals surface area contributed by atoms with Crippen molar-refractivity contribution in [3.8, 4) is 11.5 Å². The summed E-state index contributed by atoms with van der Waals surface area (Å²) in [7, 11) is 0. The van der Waals surface area contributed by atoms with Crippen LogP contribution >= 0.6 is 28.3 Å². The molecule has 3 nitrogen and oxygen atoms in total. The summed E-state index contributed by atoms with van der Waals surface area (Å²) >= 11 is 1.75. The van der Waals surface area contributed by atoms with Crippen LogP contribution in [-0.4, -0.2) is 23.3 Å². The lowest BCUT2D eigenvalue weighted by atomic mass is 9.88. The van der Waals surface area contributed by atoms with Gasteiger partial charge in [0.05, 0.1) is 0 Å². The van der Waals surface area contributed by atoms with Crippen LogP contribution in [0.5, 0.6) is 11.5 Å². The van der Waals surface area contributed by atoms with Crippen LogP contribution in [0.25, 0.3) is 0 Å². The molecule has 1 unspecified atom stereocenters. The van der Waals surface area contributed by atoms with Crippen molar-refractivity contribution in [3.63, 3.8) is 0 Å². The zero-order valence-electron chi connectivity index (χ0n) is 11.2. The number of halogens is 1. The monoisotopic (exact) mass is 355 g/mol. The summed E-state index contributed by atoms with van der Waals surface area (Å²) in [6.45, 7) is 3.90. The van der Waals surface area contributed by atoms with E-state index in [4.69, 9.17) is 0 Å². The van der Waals surface area contributed by atoms with Crippen molar-refractivity contribution in [1.29, 1.82) is 0 Å². The highest BCUT2D eigenvalue weighted by molar-refractivity contribution is 8.93. The number of fused-ring (bicyclic) bond motifs is 1. The number of benzene rings is 1. The minimum atomic E-state index is -0.0291. The molecule has 20 heavy (non-hydrogen) atoms. The Bertz CT molecular complexity index is 612. The average Bonchev–Trinajstić information content (AvgIpc) is 2.70. The van der Waals surface area contributed by atoms with Crippen molar-refractivity contribution in [2.45, 2.75) is 19.3 Å². The number of aromatic hydroxyl groups is 2. The maximum atomic E-state index is 9.78. The normalized spacial score (nSPS) is 17.9. The van der Waals surface area contributed by atoms with E-state index in [1.54, 1.807) is 23.5 Å². The first-order valence-corrected chi connectivity index (χ1v) is 7.34. The fraction of sp³-hybridized carbons (Fsp3) is 0.333. The number of thiophene rings is 1. The molecule has 0 spiro atoms. The van der Waals surface area contributed by atoms with Crippen LogP contribution in [-0.2, 0) is 6.42 Å². The lowest BCUT2D eigenvalue weighted by molar-refractivity contribution is 0.402. The van der Waals surface area contributed by atoms with Gasteiger partial charge in [0.1, 0.15) is 0 Å². The lowest BCUT2D eigenvalue weighted by Gasteiger charge is -2.18. The number of hydrogen-bond acceptors (Lipinski definition) is 4. The van der Waals surface area contributed by atoms with E-state index in [2.05, 4.69) is 23.7 Å². The number of rotatable bonds is 1. The van der Waals surface area contributed by atoms with Gasteiger partial charge in [0, 0.05) is 17.3 Å². The molecule has 0 aliphatic carbocycles. The number of hydrogen-bond donors (Lipinski definition) is 3. The maximum Gasteiger partial charge on any atom is 0.157 e. The molecule has 108 valence electrons. The molecule has 2 aromatic rings. The summed E-state index contributed by atoms with van der Waals surface area (Å²) in [5.74, 6) is 0.190. The van der Waals surface area contributed by atoms with E-state index in [-0.39, 0.29) is 34.4 Å². The summed E-state index contributed by atoms with van der Waals surface area (Å²) in [6.07, 6.45) is 0.878. The van der Waals surface area contributed by atoms with E-state index >= 15 is 0 Å². The SMILES string of the molecule is Br.Cc1sccc1C1CNCCc2cc(O)c(O)cc21. The van der Waals surface area contributed by atoms with Gasteiger partial charge in [0.15, 0.2) is 11.5 Å². The minimum Gasteiger partial charge on any atom is -0.504 e. The van der Waals surface area contributed by atoms with Gasteiger partial charge in [-0.15, -0.1) is 28.3 Å². The molecule has 1 aromatic heterocycles. The molecule has 0 saturated heterocycles. The molecule has 1 aliphatic heterocycles. The standard InChI is InChI=1S/C15H17NO2S.BrH/c1-9-11(3-5-19-9)13-8-16-4-2-10-6-14(17)15(18)7-12(10)13;/h3,5-7,13,16-18H,2,4,8H2,1H3;1H. The predicted molar refractivity (Wildman–Crippen MR) is 87.6 cm³/mol. The van der Waals surface area contributed by atoms with Crippen LogP contribution in [0.3, 0.4) is 0 Å². The van der Waals surface area contributed by atoms with Crippen LogP contribution in [0.1, 0.15) is 27.5 Å². The second-order valence-corrected chi connectivity index (χ2v) is 6.10. The van der Waals surface area contributed by atoms with E-state index in [0.717, 1.165) is 30.6 Å². The molecule has 3 rings (SSSR count). The Hall–Kier alpha value is -1.04. The van der Waals surface area contributed by atoms with E-state index < -0.39 is 0 Å². The highest BCUT2D eigenvalue weighted by Gasteiger charge is 2.23. The molecule has 0 amide bonds. The van der Waals surface area contributed by atoms with Crippen LogP contribution < -0.4 is 5.32 Å². The molecular formula is C15H18BrNO2S. The van der Waals surface area contributed by atoms with Gasteiger partial charge in [-0.25, -0.2) is 0 Å². The van der Waals surface area contributed by atoms with Gasteiger partial charge in [0.2, 0.25) is 0 Å². The van der Waals surface area contributed by atoms with Gasteiger partial charge >= 0.3 is 0 Å². The summed E-state index contributed by atoms with van der Waals surface area (Å²) in [5, 5.41) is 25.0. The highest BCUT2D eigenvalue weighted by Crippen LogP contribution is 2.38. The van der Waals surface area contributed by atoms with Crippen molar-refractivity contribution < 1.29 is 10.2 Å². The van der Waals surface area contributed by atoms with Crippen LogP contribution in [0.2, 0.25) is 0 Å². The average molecular weight is 356 g/mol. The largest absolute Gasteiger partial charge is 0.504 e. The molecule has 0 radical (unpaired) electrons. The van der Waals surface area contributed by atoms with E-state index in [9.17, 15) is 10.2 Å². The Labute approximate surface area is 133 Å². The molecule has 1 atom stereocenters. The fourth-order valence-electron chi connectivity index (χ4n) is 2.79. The second kappa shape index (κ2) is 6.16. The Balaban J connectivity index is 0.00000147. The van der Waals surface area contributed by atoms with Gasteiger partial charge in [-0.1, -0.05) is 0 Å². The number of aryl methyl sites for hydroxylation is 1. The Morgan fingerprint density at radius 3 is 2.65 bits per heavy atom. The van der Waals surface area contributed by atoms with E-state index in [0.29, 0.717) is 0 Å². The first-order chi connectivity index (χ1) is 9.16. The molecule has 5 heteroatoms. The summed E-state index contributed by atoms with van der Waals surface area (Å²) in [4.78, 5) is 1.31. The third kappa shape index (κ3) is 2.71. The summed E-state index contributed by atoms with van der Waals surface area (Å²) in [6, 6.07) is 5.58. The van der Waals surface area contributed by atoms with Crippen molar-refractivity contribution in [2.75, 3.05) is 13.1 Å². The van der Waals surface area contributed by atoms with Crippen LogP contribution in [0, 0.1) is 6.92 Å². The first-order valence-electron chi connectivity index (χ1n) is 6.46. The second-order valence-electron chi connectivity index (χ2n) is 4.98. The third-order valence-corrected chi connectivity index (χ3v) is 4.67. The van der Waals surface area contributed by atoms with Crippen molar-refractivity contribution in [2.24, 2.45) is 0 Å². The summed E-state index contributed by atoms with van der Waals surface area (Å²) in [5.41, 5.74) is 3.56. The zero-order chi connectivity index (χ0) is 13.4. The third-order valence-electron chi connectivity index (χ3n) is 3.81. The predicted octanol–water partition coefficient (Wildman–Crippen LogP) is 3.32. The van der Waals surface area contributed by atoms with Crippen molar-refractivity contribution in [3.05, 3.63) is 45.1 Å². The molecule has 3 N–H and O–H groups in total. The maximum absolute atomic E-state index is 9.78. The van der Waals surface area contributed by atoms with Gasteiger partial charge in [-0.2, -0.15) is 0 Å².